The highest BCUT2D eigenvalue weighted by Crippen LogP contribution is 2.30. The Hall–Kier alpha value is -2.99. The molecule has 0 atom stereocenters. The van der Waals surface area contributed by atoms with E-state index in [4.69, 9.17) is 17.1 Å². The van der Waals surface area contributed by atoms with Crippen molar-refractivity contribution in [3.63, 3.8) is 0 Å². The fourth-order valence-corrected chi connectivity index (χ4v) is 2.33. The molecule has 102 valence electrons. The number of nitrogens with two attached hydrogens (primary N) is 1. The van der Waals surface area contributed by atoms with Crippen molar-refractivity contribution in [3.05, 3.63) is 60.7 Å². The zero-order valence-electron chi connectivity index (χ0n) is 11.5. The second-order valence-electron chi connectivity index (χ2n) is 4.69. The van der Waals surface area contributed by atoms with Gasteiger partial charge in [0.15, 0.2) is 0 Å². The average Bonchev–Trinajstić information content (AvgIpc) is 2.87. The maximum absolute atomic E-state index is 6.26. The number of nitrogen functional groups attached to an aromatic ring is 1. The van der Waals surface area contributed by atoms with E-state index in [0.29, 0.717) is 12.4 Å². The summed E-state index contributed by atoms with van der Waals surface area (Å²) in [5, 5.41) is 0. The standard InChI is InChI=1S/C18H15N3/c1-2-13-21-17(19)16(14-9-5-3-6-10-14)20-18(21)15-11-7-4-8-12-15/h1,3-12H,13,19H2. The minimum Gasteiger partial charge on any atom is -0.383 e. The van der Waals surface area contributed by atoms with Crippen LogP contribution in [0.4, 0.5) is 5.82 Å². The van der Waals surface area contributed by atoms with Crippen LogP contribution in [-0.2, 0) is 6.54 Å². The maximum atomic E-state index is 6.26. The van der Waals surface area contributed by atoms with E-state index < -0.39 is 0 Å². The van der Waals surface area contributed by atoms with Crippen molar-refractivity contribution in [2.75, 3.05) is 5.73 Å². The number of hydrogen-bond acceptors (Lipinski definition) is 2. The third-order valence-corrected chi connectivity index (χ3v) is 3.34. The van der Waals surface area contributed by atoms with E-state index in [0.717, 1.165) is 22.6 Å². The van der Waals surface area contributed by atoms with Gasteiger partial charge in [-0.25, -0.2) is 4.98 Å². The minimum absolute atomic E-state index is 0.399. The Bertz CT molecular complexity index is 781. The molecule has 1 heterocycles. The predicted molar refractivity (Wildman–Crippen MR) is 86.3 cm³/mol. The molecule has 0 aliphatic carbocycles. The smallest absolute Gasteiger partial charge is 0.143 e. The Kier molecular flexibility index (Phi) is 3.44. The van der Waals surface area contributed by atoms with Gasteiger partial charge >= 0.3 is 0 Å². The van der Waals surface area contributed by atoms with Crippen molar-refractivity contribution < 1.29 is 0 Å². The third kappa shape index (κ3) is 2.39. The molecule has 3 nitrogen and oxygen atoms in total. The summed E-state index contributed by atoms with van der Waals surface area (Å²) in [6.07, 6.45) is 5.47. The zero-order chi connectivity index (χ0) is 14.7. The van der Waals surface area contributed by atoms with Crippen molar-refractivity contribution in [2.45, 2.75) is 6.54 Å². The Morgan fingerprint density at radius 1 is 0.952 bits per heavy atom. The lowest BCUT2D eigenvalue weighted by Crippen LogP contribution is -2.03. The third-order valence-electron chi connectivity index (χ3n) is 3.34. The summed E-state index contributed by atoms with van der Waals surface area (Å²) >= 11 is 0. The lowest BCUT2D eigenvalue weighted by Gasteiger charge is -2.05. The van der Waals surface area contributed by atoms with E-state index in [9.17, 15) is 0 Å². The molecule has 21 heavy (non-hydrogen) atoms. The monoisotopic (exact) mass is 273 g/mol. The highest BCUT2D eigenvalue weighted by Gasteiger charge is 2.16. The fraction of sp³-hybridized carbons (Fsp3) is 0.0556. The van der Waals surface area contributed by atoms with Gasteiger partial charge in [-0.05, 0) is 0 Å². The number of nitrogens with zero attached hydrogens (tertiary/aromatic N) is 2. The average molecular weight is 273 g/mol. The van der Waals surface area contributed by atoms with E-state index in [2.05, 4.69) is 5.92 Å². The summed E-state index contributed by atoms with van der Waals surface area (Å²) in [4.78, 5) is 4.71. The molecule has 0 fully saturated rings. The number of terminal acetylenes is 1. The van der Waals surface area contributed by atoms with Crippen LogP contribution in [0.25, 0.3) is 22.6 Å². The number of aromatic nitrogens is 2. The number of anilines is 1. The van der Waals surface area contributed by atoms with Crippen LogP contribution < -0.4 is 5.73 Å². The molecule has 0 spiro atoms. The molecule has 3 aromatic rings. The summed E-state index contributed by atoms with van der Waals surface area (Å²) < 4.78 is 1.87. The van der Waals surface area contributed by atoms with E-state index >= 15 is 0 Å². The fourth-order valence-electron chi connectivity index (χ4n) is 2.33. The van der Waals surface area contributed by atoms with Gasteiger partial charge < -0.3 is 5.73 Å². The largest absolute Gasteiger partial charge is 0.383 e. The van der Waals surface area contributed by atoms with Crippen LogP contribution in [0.1, 0.15) is 0 Å². The first-order valence-electron chi connectivity index (χ1n) is 6.71. The van der Waals surface area contributed by atoms with E-state index in [1.165, 1.54) is 0 Å². The van der Waals surface area contributed by atoms with Gasteiger partial charge in [0, 0.05) is 11.1 Å². The number of imidazole rings is 1. The first-order valence-corrected chi connectivity index (χ1v) is 6.71. The minimum atomic E-state index is 0.399. The normalized spacial score (nSPS) is 10.2. The molecule has 2 aromatic carbocycles. The summed E-state index contributed by atoms with van der Waals surface area (Å²) in [5.74, 6) is 4.03. The van der Waals surface area contributed by atoms with Crippen LogP contribution >= 0.6 is 0 Å². The highest BCUT2D eigenvalue weighted by atomic mass is 15.1. The summed E-state index contributed by atoms with van der Waals surface area (Å²) in [6.45, 7) is 0.399. The second kappa shape index (κ2) is 5.56. The van der Waals surface area contributed by atoms with Gasteiger partial charge in [0.25, 0.3) is 0 Å². The van der Waals surface area contributed by atoms with Crippen LogP contribution in [-0.4, -0.2) is 9.55 Å². The van der Waals surface area contributed by atoms with Crippen molar-refractivity contribution in [3.8, 4) is 35.0 Å². The second-order valence-corrected chi connectivity index (χ2v) is 4.69. The quantitative estimate of drug-likeness (QED) is 0.743. The topological polar surface area (TPSA) is 43.8 Å². The maximum Gasteiger partial charge on any atom is 0.143 e. The predicted octanol–water partition coefficient (Wildman–Crippen LogP) is 3.43. The summed E-state index contributed by atoms with van der Waals surface area (Å²) in [5.41, 5.74) is 9.02. The summed E-state index contributed by atoms with van der Waals surface area (Å²) in [6, 6.07) is 19.8. The van der Waals surface area contributed by atoms with Gasteiger partial charge in [0.2, 0.25) is 0 Å². The van der Waals surface area contributed by atoms with E-state index in [1.54, 1.807) is 0 Å². The molecule has 0 saturated heterocycles. The Labute approximate surface area is 124 Å². The van der Waals surface area contributed by atoms with Crippen LogP contribution in [0, 0.1) is 12.3 Å². The molecule has 1 aromatic heterocycles. The van der Waals surface area contributed by atoms with Gasteiger partial charge in [0.1, 0.15) is 17.3 Å². The number of hydrogen-bond donors (Lipinski definition) is 1. The highest BCUT2D eigenvalue weighted by molar-refractivity contribution is 5.75. The number of rotatable bonds is 3. The van der Waals surface area contributed by atoms with Gasteiger partial charge in [0.05, 0.1) is 6.54 Å². The molecule has 0 bridgehead atoms. The molecule has 0 unspecified atom stereocenters. The number of benzene rings is 2. The zero-order valence-corrected chi connectivity index (χ0v) is 11.5. The molecule has 3 rings (SSSR count). The van der Waals surface area contributed by atoms with Crippen molar-refractivity contribution >= 4 is 5.82 Å². The van der Waals surface area contributed by atoms with Gasteiger partial charge in [-0.2, -0.15) is 0 Å². The molecule has 3 heteroatoms. The van der Waals surface area contributed by atoms with Gasteiger partial charge in [-0.15, -0.1) is 6.42 Å². The molecular formula is C18H15N3. The lowest BCUT2D eigenvalue weighted by atomic mass is 10.1. The van der Waals surface area contributed by atoms with Gasteiger partial charge in [-0.1, -0.05) is 66.6 Å². The Balaban J connectivity index is 2.19. The first-order chi connectivity index (χ1) is 10.3. The van der Waals surface area contributed by atoms with E-state index in [1.807, 2.05) is 65.2 Å². The molecule has 0 radical (unpaired) electrons. The SMILES string of the molecule is C#CCn1c(-c2ccccc2)nc(-c2ccccc2)c1N. The van der Waals surface area contributed by atoms with Crippen molar-refractivity contribution in [1.82, 2.24) is 9.55 Å². The van der Waals surface area contributed by atoms with Crippen LogP contribution in [0.5, 0.6) is 0 Å². The molecule has 2 N–H and O–H groups in total. The van der Waals surface area contributed by atoms with Crippen LogP contribution in [0.2, 0.25) is 0 Å². The Morgan fingerprint density at radius 3 is 2.10 bits per heavy atom. The molecule has 0 aliphatic rings. The molecule has 0 saturated carbocycles. The molecule has 0 aliphatic heterocycles. The van der Waals surface area contributed by atoms with Crippen LogP contribution in [0.15, 0.2) is 60.7 Å². The lowest BCUT2D eigenvalue weighted by molar-refractivity contribution is 0.862. The van der Waals surface area contributed by atoms with Crippen molar-refractivity contribution in [1.29, 1.82) is 0 Å². The first kappa shape index (κ1) is 13.0. The van der Waals surface area contributed by atoms with Crippen LogP contribution in [0.3, 0.4) is 0 Å². The molecular weight excluding hydrogens is 258 g/mol. The van der Waals surface area contributed by atoms with E-state index in [-0.39, 0.29) is 0 Å². The molecule has 0 amide bonds. The Morgan fingerprint density at radius 2 is 1.52 bits per heavy atom. The van der Waals surface area contributed by atoms with Gasteiger partial charge in [-0.3, -0.25) is 4.57 Å². The summed E-state index contributed by atoms with van der Waals surface area (Å²) in [7, 11) is 0. The van der Waals surface area contributed by atoms with Crippen molar-refractivity contribution in [2.24, 2.45) is 0 Å².